The van der Waals surface area contributed by atoms with Crippen LogP contribution in [0.4, 0.5) is 5.69 Å². The Hall–Kier alpha value is -0.930. The van der Waals surface area contributed by atoms with Crippen molar-refractivity contribution >= 4 is 17.3 Å². The molecule has 1 saturated heterocycles. The second-order valence-corrected chi connectivity index (χ2v) is 5.33. The van der Waals surface area contributed by atoms with E-state index < -0.39 is 0 Å². The van der Waals surface area contributed by atoms with Crippen molar-refractivity contribution in [1.29, 1.82) is 0 Å². The number of nitrogens with one attached hydrogen (secondary N) is 1. The van der Waals surface area contributed by atoms with Gasteiger partial charge in [0.2, 0.25) is 0 Å². The summed E-state index contributed by atoms with van der Waals surface area (Å²) < 4.78 is 10.9. The van der Waals surface area contributed by atoms with E-state index in [1.807, 2.05) is 18.2 Å². The topological polar surface area (TPSA) is 30.5 Å². The van der Waals surface area contributed by atoms with E-state index >= 15 is 0 Å². The van der Waals surface area contributed by atoms with Gasteiger partial charge in [-0.05, 0) is 44.9 Å². The van der Waals surface area contributed by atoms with Gasteiger partial charge in [-0.2, -0.15) is 0 Å². The first-order valence-electron chi connectivity index (χ1n) is 6.34. The Morgan fingerprint density at radius 1 is 1.28 bits per heavy atom. The van der Waals surface area contributed by atoms with E-state index in [0.29, 0.717) is 29.0 Å². The molecule has 0 aliphatic carbocycles. The Morgan fingerprint density at radius 3 is 2.50 bits per heavy atom. The third kappa shape index (κ3) is 3.30. The van der Waals surface area contributed by atoms with Gasteiger partial charge < -0.3 is 14.8 Å². The minimum atomic E-state index is 0.306. The average Bonchev–Trinajstić information content (AvgIpc) is 2.27. The summed E-state index contributed by atoms with van der Waals surface area (Å²) in [4.78, 5) is 0. The van der Waals surface area contributed by atoms with Gasteiger partial charge in [-0.1, -0.05) is 11.6 Å². The SMILES string of the molecule is COc1ccc(NC2CC(C)OC(C)C2)cc1Cl. The van der Waals surface area contributed by atoms with Crippen LogP contribution in [-0.2, 0) is 4.74 Å². The van der Waals surface area contributed by atoms with E-state index in [0.717, 1.165) is 18.5 Å². The molecule has 2 unspecified atom stereocenters. The zero-order chi connectivity index (χ0) is 13.1. The number of halogens is 1. The van der Waals surface area contributed by atoms with Crippen molar-refractivity contribution in [3.8, 4) is 5.75 Å². The number of benzene rings is 1. The zero-order valence-corrected chi connectivity index (χ0v) is 11.8. The van der Waals surface area contributed by atoms with Gasteiger partial charge in [-0.15, -0.1) is 0 Å². The fourth-order valence-electron chi connectivity index (χ4n) is 2.51. The lowest BCUT2D eigenvalue weighted by molar-refractivity contribution is -0.0337. The molecule has 0 radical (unpaired) electrons. The molecule has 1 aromatic carbocycles. The lowest BCUT2D eigenvalue weighted by atomic mass is 9.99. The van der Waals surface area contributed by atoms with Crippen LogP contribution in [-0.4, -0.2) is 25.4 Å². The maximum Gasteiger partial charge on any atom is 0.137 e. The average molecular weight is 270 g/mol. The highest BCUT2D eigenvalue weighted by Gasteiger charge is 2.24. The van der Waals surface area contributed by atoms with Crippen LogP contribution in [0.25, 0.3) is 0 Å². The third-order valence-corrected chi connectivity index (χ3v) is 3.52. The van der Waals surface area contributed by atoms with E-state index in [4.69, 9.17) is 21.1 Å². The summed E-state index contributed by atoms with van der Waals surface area (Å²) in [7, 11) is 1.62. The minimum Gasteiger partial charge on any atom is -0.495 e. The summed E-state index contributed by atoms with van der Waals surface area (Å²) in [6.45, 7) is 4.23. The monoisotopic (exact) mass is 269 g/mol. The first-order chi connectivity index (χ1) is 8.58. The van der Waals surface area contributed by atoms with Crippen LogP contribution in [0.15, 0.2) is 18.2 Å². The summed E-state index contributed by atoms with van der Waals surface area (Å²) in [6, 6.07) is 6.23. The molecule has 2 rings (SSSR count). The first kappa shape index (κ1) is 13.5. The molecule has 0 spiro atoms. The fraction of sp³-hybridized carbons (Fsp3) is 0.571. The Labute approximate surface area is 113 Å². The van der Waals surface area contributed by atoms with E-state index in [-0.39, 0.29) is 0 Å². The maximum atomic E-state index is 6.11. The number of hydrogen-bond acceptors (Lipinski definition) is 3. The molecule has 2 atom stereocenters. The second kappa shape index (κ2) is 5.81. The summed E-state index contributed by atoms with van der Waals surface area (Å²) in [5.41, 5.74) is 1.03. The van der Waals surface area contributed by atoms with Crippen LogP contribution in [0.1, 0.15) is 26.7 Å². The normalized spacial score (nSPS) is 27.9. The number of anilines is 1. The number of ether oxygens (including phenoxy) is 2. The van der Waals surface area contributed by atoms with Gasteiger partial charge in [0.25, 0.3) is 0 Å². The van der Waals surface area contributed by atoms with Crippen molar-refractivity contribution in [2.75, 3.05) is 12.4 Å². The van der Waals surface area contributed by atoms with Gasteiger partial charge >= 0.3 is 0 Å². The van der Waals surface area contributed by atoms with Crippen molar-refractivity contribution in [2.24, 2.45) is 0 Å². The molecule has 1 aliphatic rings. The van der Waals surface area contributed by atoms with Crippen molar-refractivity contribution in [1.82, 2.24) is 0 Å². The van der Waals surface area contributed by atoms with Gasteiger partial charge in [0, 0.05) is 11.7 Å². The maximum absolute atomic E-state index is 6.11. The molecular weight excluding hydrogens is 250 g/mol. The van der Waals surface area contributed by atoms with Gasteiger partial charge in [0.05, 0.1) is 24.3 Å². The lowest BCUT2D eigenvalue weighted by Gasteiger charge is -2.33. The highest BCUT2D eigenvalue weighted by atomic mass is 35.5. The summed E-state index contributed by atoms with van der Waals surface area (Å²) in [6.07, 6.45) is 2.65. The molecule has 1 aliphatic heterocycles. The molecule has 4 heteroatoms. The fourth-order valence-corrected chi connectivity index (χ4v) is 2.77. The predicted molar refractivity (Wildman–Crippen MR) is 74.7 cm³/mol. The van der Waals surface area contributed by atoms with Crippen molar-refractivity contribution in [3.63, 3.8) is 0 Å². The van der Waals surface area contributed by atoms with Crippen LogP contribution in [0.3, 0.4) is 0 Å². The van der Waals surface area contributed by atoms with Crippen molar-refractivity contribution < 1.29 is 9.47 Å². The van der Waals surface area contributed by atoms with Crippen LogP contribution < -0.4 is 10.1 Å². The molecule has 1 fully saturated rings. The van der Waals surface area contributed by atoms with E-state index in [1.54, 1.807) is 7.11 Å². The Bertz CT molecular complexity index is 401. The predicted octanol–water partition coefficient (Wildman–Crippen LogP) is 3.72. The summed E-state index contributed by atoms with van der Waals surface area (Å²) >= 11 is 6.11. The molecule has 1 aromatic rings. The molecular formula is C14H20ClNO2. The molecule has 0 saturated carbocycles. The van der Waals surface area contributed by atoms with Crippen molar-refractivity contribution in [3.05, 3.63) is 23.2 Å². The summed E-state index contributed by atoms with van der Waals surface area (Å²) in [5, 5.41) is 4.15. The third-order valence-electron chi connectivity index (χ3n) is 3.22. The van der Waals surface area contributed by atoms with E-state index in [9.17, 15) is 0 Å². The molecule has 0 bridgehead atoms. The van der Waals surface area contributed by atoms with Crippen LogP contribution in [0.2, 0.25) is 5.02 Å². The molecule has 100 valence electrons. The lowest BCUT2D eigenvalue weighted by Crippen LogP contribution is -2.36. The van der Waals surface area contributed by atoms with Gasteiger partial charge in [0.15, 0.2) is 0 Å². The zero-order valence-electron chi connectivity index (χ0n) is 11.1. The molecule has 18 heavy (non-hydrogen) atoms. The summed E-state index contributed by atoms with van der Waals surface area (Å²) in [5.74, 6) is 0.705. The molecule has 0 amide bonds. The quantitative estimate of drug-likeness (QED) is 0.907. The van der Waals surface area contributed by atoms with Gasteiger partial charge in [0.1, 0.15) is 5.75 Å². The first-order valence-corrected chi connectivity index (χ1v) is 6.72. The highest BCUT2D eigenvalue weighted by Crippen LogP contribution is 2.29. The number of hydrogen-bond donors (Lipinski definition) is 1. The van der Waals surface area contributed by atoms with Crippen LogP contribution >= 0.6 is 11.6 Å². The molecule has 3 nitrogen and oxygen atoms in total. The van der Waals surface area contributed by atoms with Crippen LogP contribution in [0.5, 0.6) is 5.75 Å². The van der Waals surface area contributed by atoms with Gasteiger partial charge in [-0.3, -0.25) is 0 Å². The number of methoxy groups -OCH3 is 1. The smallest absolute Gasteiger partial charge is 0.137 e. The van der Waals surface area contributed by atoms with E-state index in [2.05, 4.69) is 19.2 Å². The number of rotatable bonds is 3. The largest absolute Gasteiger partial charge is 0.495 e. The standard InChI is InChI=1S/C14H20ClNO2/c1-9-6-12(7-10(2)18-9)16-11-4-5-14(17-3)13(15)8-11/h4-5,8-10,12,16H,6-7H2,1-3H3. The molecule has 1 N–H and O–H groups in total. The van der Waals surface area contributed by atoms with Gasteiger partial charge in [-0.25, -0.2) is 0 Å². The molecule has 1 heterocycles. The Kier molecular flexibility index (Phi) is 4.36. The van der Waals surface area contributed by atoms with Crippen LogP contribution in [0, 0.1) is 0 Å². The van der Waals surface area contributed by atoms with Crippen molar-refractivity contribution in [2.45, 2.75) is 44.9 Å². The molecule has 0 aromatic heterocycles. The Balaban J connectivity index is 2.02. The van der Waals surface area contributed by atoms with E-state index in [1.165, 1.54) is 0 Å². The second-order valence-electron chi connectivity index (χ2n) is 4.92. The minimum absolute atomic E-state index is 0.306. The highest BCUT2D eigenvalue weighted by molar-refractivity contribution is 6.32. The Morgan fingerprint density at radius 2 is 1.94 bits per heavy atom.